The van der Waals surface area contributed by atoms with Crippen molar-refractivity contribution in [3.63, 3.8) is 0 Å². The molecular formula is C13H12Cl2IN3O3. The molecule has 22 heavy (non-hydrogen) atoms. The maximum Gasteiger partial charge on any atom is 0.278 e. The van der Waals surface area contributed by atoms with Crippen LogP contribution in [0.2, 0.25) is 0 Å². The van der Waals surface area contributed by atoms with Crippen molar-refractivity contribution in [1.29, 1.82) is 0 Å². The molecule has 0 bridgehead atoms. The van der Waals surface area contributed by atoms with E-state index in [9.17, 15) is 4.79 Å². The largest absolute Gasteiger partial charge is 0.495 e. The van der Waals surface area contributed by atoms with Gasteiger partial charge in [0.25, 0.3) is 5.91 Å². The van der Waals surface area contributed by atoms with Crippen LogP contribution in [0.3, 0.4) is 0 Å². The molecule has 1 aliphatic rings. The quantitative estimate of drug-likeness (QED) is 0.558. The minimum atomic E-state index is -0.471. The maximum atomic E-state index is 12.4. The summed E-state index contributed by atoms with van der Waals surface area (Å²) in [5.41, 5.74) is 0.475. The van der Waals surface area contributed by atoms with Crippen LogP contribution in [0.1, 0.15) is 10.5 Å². The molecule has 1 amide bonds. The first-order valence-corrected chi connectivity index (χ1v) is 7.76. The highest BCUT2D eigenvalue weighted by Gasteiger charge is 2.22. The lowest BCUT2D eigenvalue weighted by Gasteiger charge is -2.21. The Morgan fingerprint density at radius 1 is 1.41 bits per heavy atom. The molecule has 0 saturated carbocycles. The summed E-state index contributed by atoms with van der Waals surface area (Å²) in [6.45, 7) is 0.446. The second-order valence-electron chi connectivity index (χ2n) is 4.19. The van der Waals surface area contributed by atoms with E-state index in [4.69, 9.17) is 32.7 Å². The lowest BCUT2D eigenvalue weighted by atomic mass is 10.2. The molecule has 1 N–H and O–H groups in total. The highest BCUT2D eigenvalue weighted by atomic mass is 127. The van der Waals surface area contributed by atoms with Gasteiger partial charge < -0.3 is 17.9 Å². The molecule has 1 aliphatic heterocycles. The first kappa shape index (κ1) is 17.2. The third kappa shape index (κ3) is 3.76. The van der Waals surface area contributed by atoms with E-state index in [1.165, 1.54) is 20.4 Å². The number of hydrogen-bond donors (Lipinski definition) is 1. The fourth-order valence-electron chi connectivity index (χ4n) is 1.74. The van der Waals surface area contributed by atoms with Gasteiger partial charge in [0.15, 0.2) is 11.4 Å². The van der Waals surface area contributed by atoms with Gasteiger partial charge in [0.2, 0.25) is 0 Å². The van der Waals surface area contributed by atoms with Gasteiger partial charge in [-0.15, -0.1) is 0 Å². The van der Waals surface area contributed by atoms with Crippen molar-refractivity contribution in [3.05, 3.63) is 39.9 Å². The molecule has 0 atom stereocenters. The van der Waals surface area contributed by atoms with Crippen molar-refractivity contribution >= 4 is 52.0 Å². The highest BCUT2D eigenvalue weighted by Crippen LogP contribution is 2.28. The lowest BCUT2D eigenvalue weighted by Crippen LogP contribution is -2.28. The smallest absolute Gasteiger partial charge is 0.278 e. The third-order valence-corrected chi connectivity index (χ3v) is 4.00. The first-order valence-electron chi connectivity index (χ1n) is 6.04. The van der Waals surface area contributed by atoms with Crippen LogP contribution >= 0.6 is 46.1 Å². The van der Waals surface area contributed by atoms with Gasteiger partial charge in [-0.2, -0.15) is 0 Å². The minimum Gasteiger partial charge on any atom is -0.495 e. The number of halogens is 3. The number of allylic oxidation sites excluding steroid dienone is 1. The molecule has 0 aliphatic carbocycles. The number of rotatable bonds is 4. The normalized spacial score (nSPS) is 14.6. The Bertz CT molecular complexity index is 664. The van der Waals surface area contributed by atoms with Gasteiger partial charge >= 0.3 is 0 Å². The summed E-state index contributed by atoms with van der Waals surface area (Å²) in [6.07, 6.45) is 3.10. The first-order chi connectivity index (χ1) is 10.5. The molecule has 0 fully saturated rings. The molecule has 6 nitrogen and oxygen atoms in total. The summed E-state index contributed by atoms with van der Waals surface area (Å²) >= 11 is 14.3. The number of hydrogen-bond acceptors (Lipinski definition) is 5. The third-order valence-electron chi connectivity index (χ3n) is 2.79. The minimum absolute atomic E-state index is 0.113. The molecule has 0 saturated heterocycles. The highest BCUT2D eigenvalue weighted by molar-refractivity contribution is 14.1. The Labute approximate surface area is 151 Å². The predicted octanol–water partition coefficient (Wildman–Crippen LogP) is 3.02. The number of ether oxygens (including phenoxy) is 2. The summed E-state index contributed by atoms with van der Waals surface area (Å²) in [4.78, 5) is 16.4. The molecule has 9 heteroatoms. The van der Waals surface area contributed by atoms with Crippen LogP contribution in [0.5, 0.6) is 11.5 Å². The number of carbonyl (C=O) groups is 1. The van der Waals surface area contributed by atoms with E-state index in [-0.39, 0.29) is 5.69 Å². The van der Waals surface area contributed by atoms with E-state index in [2.05, 4.69) is 33.2 Å². The van der Waals surface area contributed by atoms with Crippen LogP contribution in [0.15, 0.2) is 34.2 Å². The zero-order valence-electron chi connectivity index (χ0n) is 11.7. The van der Waals surface area contributed by atoms with Crippen molar-refractivity contribution in [2.45, 2.75) is 0 Å². The van der Waals surface area contributed by atoms with Gasteiger partial charge in [-0.1, -0.05) is 23.2 Å². The maximum absolute atomic E-state index is 12.4. The monoisotopic (exact) mass is 455 g/mol. The van der Waals surface area contributed by atoms with E-state index < -0.39 is 5.91 Å². The number of methoxy groups -OCH3 is 2. The summed E-state index contributed by atoms with van der Waals surface area (Å²) in [6, 6.07) is 1.57. The number of nitrogens with zero attached hydrogens (tertiary/aromatic N) is 2. The van der Waals surface area contributed by atoms with Gasteiger partial charge in [0.1, 0.15) is 5.75 Å². The average molecular weight is 456 g/mol. The fraction of sp³-hybridized carbons (Fsp3) is 0.231. The van der Waals surface area contributed by atoms with Gasteiger partial charge in [0.05, 0.1) is 65.6 Å². The van der Waals surface area contributed by atoms with Crippen molar-refractivity contribution in [2.75, 3.05) is 20.8 Å². The number of amides is 1. The van der Waals surface area contributed by atoms with Crippen LogP contribution in [0, 0.1) is 0 Å². The van der Waals surface area contributed by atoms with Gasteiger partial charge in [0, 0.05) is 12.3 Å². The lowest BCUT2D eigenvalue weighted by molar-refractivity contribution is 0.0958. The number of carbonyl (C=O) groups excluding carboxylic acids is 1. The fourth-order valence-corrected chi connectivity index (χ4v) is 3.33. The van der Waals surface area contributed by atoms with Crippen LogP contribution in [-0.4, -0.2) is 34.8 Å². The topological polar surface area (TPSA) is 63.7 Å². The Hall–Kier alpha value is -1.19. The van der Waals surface area contributed by atoms with Crippen LogP contribution < -0.4 is 14.8 Å². The molecule has 1 aromatic heterocycles. The van der Waals surface area contributed by atoms with Crippen molar-refractivity contribution in [2.24, 2.45) is 0 Å². The standard InChI is InChI=1S/C13H12Cl2IN3O3/c1-21-7-3-10(22-2)12(17-4-7)13(20)18-11-8(14)5-19(16)6-9(11)15/h3-5H,6H2,1-2H3,(H,18,20). The Morgan fingerprint density at radius 3 is 2.73 bits per heavy atom. The second-order valence-corrected chi connectivity index (χ2v) is 6.30. The van der Waals surface area contributed by atoms with Crippen LogP contribution in [0.25, 0.3) is 0 Å². The second kappa shape index (κ2) is 7.38. The van der Waals surface area contributed by atoms with Crippen LogP contribution in [-0.2, 0) is 0 Å². The molecule has 0 aromatic carbocycles. The average Bonchev–Trinajstić information content (AvgIpc) is 2.49. The van der Waals surface area contributed by atoms with E-state index in [1.54, 1.807) is 15.4 Å². The van der Waals surface area contributed by atoms with E-state index >= 15 is 0 Å². The summed E-state index contributed by atoms with van der Waals surface area (Å²) in [5.74, 6) is 0.308. The van der Waals surface area contributed by atoms with Gasteiger partial charge in [-0.3, -0.25) is 4.79 Å². The van der Waals surface area contributed by atoms with E-state index in [1.807, 2.05) is 0 Å². The molecule has 0 radical (unpaired) electrons. The van der Waals surface area contributed by atoms with Gasteiger partial charge in [-0.05, 0) is 0 Å². The van der Waals surface area contributed by atoms with Crippen molar-refractivity contribution in [1.82, 2.24) is 13.4 Å². The zero-order chi connectivity index (χ0) is 16.3. The summed E-state index contributed by atoms with van der Waals surface area (Å²) in [7, 11) is 2.95. The Balaban J connectivity index is 2.26. The zero-order valence-corrected chi connectivity index (χ0v) is 15.4. The molecule has 118 valence electrons. The number of aromatic nitrogens is 1. The molecule has 0 unspecified atom stereocenters. The van der Waals surface area contributed by atoms with E-state index in [0.717, 1.165) is 0 Å². The van der Waals surface area contributed by atoms with Crippen LogP contribution in [0.4, 0.5) is 0 Å². The molecule has 2 heterocycles. The number of nitrogens with one attached hydrogen (secondary N) is 1. The Kier molecular flexibility index (Phi) is 5.76. The van der Waals surface area contributed by atoms with Gasteiger partial charge in [-0.25, -0.2) is 4.98 Å². The predicted molar refractivity (Wildman–Crippen MR) is 92.3 cm³/mol. The molecule has 0 spiro atoms. The summed E-state index contributed by atoms with van der Waals surface area (Å²) in [5, 5.41) is 3.44. The molecular weight excluding hydrogens is 444 g/mol. The molecule has 1 aromatic rings. The Morgan fingerprint density at radius 2 is 2.14 bits per heavy atom. The summed E-state index contributed by atoms with van der Waals surface area (Å²) < 4.78 is 12.0. The van der Waals surface area contributed by atoms with Crippen molar-refractivity contribution in [3.8, 4) is 11.5 Å². The SMILES string of the molecule is COc1cnc(C(=O)NC2=C(Cl)CN(I)C=C2Cl)c(OC)c1. The van der Waals surface area contributed by atoms with E-state index in [0.29, 0.717) is 33.8 Å². The van der Waals surface area contributed by atoms with Crippen molar-refractivity contribution < 1.29 is 14.3 Å². The molecule has 2 rings (SSSR count). The number of pyridine rings is 1.